The van der Waals surface area contributed by atoms with Gasteiger partial charge < -0.3 is 5.11 Å². The zero-order valence-corrected chi connectivity index (χ0v) is 9.60. The van der Waals surface area contributed by atoms with Crippen molar-refractivity contribution in [1.29, 1.82) is 0 Å². The van der Waals surface area contributed by atoms with Gasteiger partial charge in [0.05, 0.1) is 17.6 Å². The zero-order valence-electron chi connectivity index (χ0n) is 7.96. The van der Waals surface area contributed by atoms with Crippen molar-refractivity contribution in [3.63, 3.8) is 0 Å². The molecule has 0 saturated carbocycles. The molecule has 1 saturated heterocycles. The lowest BCUT2D eigenvalue weighted by Gasteiger charge is -2.25. The standard InChI is InChI=1S/C7H13FO5S2/c8-15(12,13)5-7(9)6-2-1-3-14(10,11)4-6/h6-7,9H,1-5H2. The van der Waals surface area contributed by atoms with Gasteiger partial charge in [0.15, 0.2) is 9.84 Å². The Labute approximate surface area is 88.4 Å². The molecule has 15 heavy (non-hydrogen) atoms. The molecule has 1 N–H and O–H groups in total. The average molecular weight is 260 g/mol. The van der Waals surface area contributed by atoms with Crippen LogP contribution in [0, 0.1) is 5.92 Å². The second-order valence-electron chi connectivity index (χ2n) is 3.79. The first-order valence-electron chi connectivity index (χ1n) is 4.50. The highest BCUT2D eigenvalue weighted by Gasteiger charge is 2.32. The van der Waals surface area contributed by atoms with Gasteiger partial charge in [0.2, 0.25) is 0 Å². The lowest BCUT2D eigenvalue weighted by atomic mass is 10.0. The summed E-state index contributed by atoms with van der Waals surface area (Å²) < 4.78 is 55.1. The minimum Gasteiger partial charge on any atom is -0.392 e. The van der Waals surface area contributed by atoms with Crippen LogP contribution >= 0.6 is 0 Å². The minimum absolute atomic E-state index is 0.0542. The van der Waals surface area contributed by atoms with Crippen molar-refractivity contribution in [2.24, 2.45) is 5.92 Å². The topological polar surface area (TPSA) is 88.5 Å². The molecular weight excluding hydrogens is 247 g/mol. The Morgan fingerprint density at radius 1 is 1.47 bits per heavy atom. The first-order chi connectivity index (χ1) is 6.70. The molecule has 1 rings (SSSR count). The number of halogens is 1. The summed E-state index contributed by atoms with van der Waals surface area (Å²) >= 11 is 0. The van der Waals surface area contributed by atoms with Gasteiger partial charge in [0.25, 0.3) is 0 Å². The molecule has 0 spiro atoms. The van der Waals surface area contributed by atoms with Crippen LogP contribution < -0.4 is 0 Å². The van der Waals surface area contributed by atoms with E-state index in [0.29, 0.717) is 12.8 Å². The Morgan fingerprint density at radius 3 is 2.53 bits per heavy atom. The summed E-state index contributed by atoms with van der Waals surface area (Å²) in [5.74, 6) is -1.90. The van der Waals surface area contributed by atoms with Gasteiger partial charge in [-0.05, 0) is 18.8 Å². The first kappa shape index (κ1) is 12.9. The second-order valence-corrected chi connectivity index (χ2v) is 7.43. The lowest BCUT2D eigenvalue weighted by molar-refractivity contribution is 0.130. The average Bonchev–Trinajstić information content (AvgIpc) is 1.99. The smallest absolute Gasteiger partial charge is 0.304 e. The van der Waals surface area contributed by atoms with Gasteiger partial charge in [-0.25, -0.2) is 8.42 Å². The number of sulfone groups is 1. The normalized spacial score (nSPS) is 28.5. The Bertz CT molecular complexity index is 413. The fourth-order valence-electron chi connectivity index (χ4n) is 1.70. The molecule has 0 aromatic heterocycles. The third-order valence-electron chi connectivity index (χ3n) is 2.41. The van der Waals surface area contributed by atoms with Gasteiger partial charge >= 0.3 is 10.2 Å². The van der Waals surface area contributed by atoms with Crippen LogP contribution in [0.15, 0.2) is 0 Å². The molecule has 2 atom stereocenters. The fraction of sp³-hybridized carbons (Fsp3) is 1.00. The van der Waals surface area contributed by atoms with Crippen LogP contribution in [-0.2, 0) is 20.1 Å². The van der Waals surface area contributed by atoms with Gasteiger partial charge in [-0.3, -0.25) is 0 Å². The van der Waals surface area contributed by atoms with Gasteiger partial charge in [0.1, 0.15) is 5.75 Å². The van der Waals surface area contributed by atoms with E-state index in [4.69, 9.17) is 0 Å². The molecule has 0 radical (unpaired) electrons. The van der Waals surface area contributed by atoms with Crippen LogP contribution in [0.2, 0.25) is 0 Å². The summed E-state index contributed by atoms with van der Waals surface area (Å²) in [5.41, 5.74) is 0. The van der Waals surface area contributed by atoms with Crippen molar-refractivity contribution in [2.75, 3.05) is 17.3 Å². The molecule has 8 heteroatoms. The molecule has 0 amide bonds. The maximum absolute atomic E-state index is 12.2. The van der Waals surface area contributed by atoms with Gasteiger partial charge in [0, 0.05) is 0 Å². The Balaban J connectivity index is 2.65. The number of hydrogen-bond donors (Lipinski definition) is 1. The van der Waals surface area contributed by atoms with Crippen LogP contribution in [0.4, 0.5) is 3.89 Å². The zero-order chi connectivity index (χ0) is 11.7. The van der Waals surface area contributed by atoms with E-state index in [9.17, 15) is 25.8 Å². The summed E-state index contributed by atoms with van der Waals surface area (Å²) in [4.78, 5) is 0. The second kappa shape index (κ2) is 4.34. The summed E-state index contributed by atoms with van der Waals surface area (Å²) in [6.45, 7) is 0. The lowest BCUT2D eigenvalue weighted by Crippen LogP contribution is -2.36. The number of aliphatic hydroxyl groups is 1. The van der Waals surface area contributed by atoms with Gasteiger partial charge in [-0.2, -0.15) is 8.42 Å². The summed E-state index contributed by atoms with van der Waals surface area (Å²) in [6.07, 6.45) is -0.637. The molecule has 1 aliphatic heterocycles. The Kier molecular flexibility index (Phi) is 3.72. The van der Waals surface area contributed by atoms with E-state index in [1.807, 2.05) is 0 Å². The van der Waals surface area contributed by atoms with Crippen molar-refractivity contribution in [2.45, 2.75) is 18.9 Å². The molecule has 1 heterocycles. The number of aliphatic hydroxyl groups excluding tert-OH is 1. The highest BCUT2D eigenvalue weighted by molar-refractivity contribution is 7.91. The number of hydrogen-bond acceptors (Lipinski definition) is 5. The molecule has 0 aromatic carbocycles. The molecule has 1 fully saturated rings. The maximum Gasteiger partial charge on any atom is 0.304 e. The molecule has 90 valence electrons. The van der Waals surface area contributed by atoms with Crippen molar-refractivity contribution < 1.29 is 25.8 Å². The van der Waals surface area contributed by atoms with E-state index < -0.39 is 37.8 Å². The maximum atomic E-state index is 12.2. The van der Waals surface area contributed by atoms with Crippen LogP contribution in [0.1, 0.15) is 12.8 Å². The molecule has 0 aromatic rings. The van der Waals surface area contributed by atoms with Crippen LogP contribution in [0.5, 0.6) is 0 Å². The van der Waals surface area contributed by atoms with Gasteiger partial charge in [-0.1, -0.05) is 0 Å². The third-order valence-corrected chi connectivity index (χ3v) is 5.00. The quantitative estimate of drug-likeness (QED) is 0.689. The predicted octanol–water partition coefficient (Wildman–Crippen LogP) is -0.529. The third kappa shape index (κ3) is 4.43. The molecule has 2 unspecified atom stereocenters. The van der Waals surface area contributed by atoms with Crippen molar-refractivity contribution in [3.8, 4) is 0 Å². The van der Waals surface area contributed by atoms with Gasteiger partial charge in [-0.15, -0.1) is 3.89 Å². The van der Waals surface area contributed by atoms with Crippen molar-refractivity contribution >= 4 is 20.1 Å². The fourth-order valence-corrected chi connectivity index (χ4v) is 4.20. The Hall–Kier alpha value is -0.210. The molecular formula is C7H13FO5S2. The van der Waals surface area contributed by atoms with E-state index in [2.05, 4.69) is 0 Å². The SMILES string of the molecule is O=S(=O)(F)CC(O)C1CCCS(=O)(=O)C1. The highest BCUT2D eigenvalue weighted by Crippen LogP contribution is 2.22. The van der Waals surface area contributed by atoms with Crippen molar-refractivity contribution in [3.05, 3.63) is 0 Å². The van der Waals surface area contributed by atoms with E-state index >= 15 is 0 Å². The molecule has 0 bridgehead atoms. The van der Waals surface area contributed by atoms with E-state index in [1.54, 1.807) is 0 Å². The molecule has 5 nitrogen and oxygen atoms in total. The predicted molar refractivity (Wildman–Crippen MR) is 52.3 cm³/mol. The molecule has 0 aliphatic carbocycles. The summed E-state index contributed by atoms with van der Waals surface area (Å²) in [5, 5.41) is 9.36. The monoisotopic (exact) mass is 260 g/mol. The summed E-state index contributed by atoms with van der Waals surface area (Å²) in [6, 6.07) is 0. The minimum atomic E-state index is -4.75. The van der Waals surface area contributed by atoms with E-state index in [0.717, 1.165) is 0 Å². The van der Waals surface area contributed by atoms with E-state index in [-0.39, 0.29) is 11.5 Å². The highest BCUT2D eigenvalue weighted by atomic mass is 32.3. The Morgan fingerprint density at radius 2 is 2.07 bits per heavy atom. The first-order valence-corrected chi connectivity index (χ1v) is 7.88. The number of rotatable bonds is 3. The molecule has 1 aliphatic rings. The van der Waals surface area contributed by atoms with Crippen LogP contribution in [0.25, 0.3) is 0 Å². The van der Waals surface area contributed by atoms with Crippen LogP contribution in [-0.4, -0.2) is 45.3 Å². The van der Waals surface area contributed by atoms with Crippen LogP contribution in [0.3, 0.4) is 0 Å². The van der Waals surface area contributed by atoms with Crippen molar-refractivity contribution in [1.82, 2.24) is 0 Å². The largest absolute Gasteiger partial charge is 0.392 e. The summed E-state index contributed by atoms with van der Waals surface area (Å²) in [7, 11) is -7.96. The van der Waals surface area contributed by atoms with E-state index in [1.165, 1.54) is 0 Å².